The van der Waals surface area contributed by atoms with Crippen LogP contribution >= 0.6 is 0 Å². The number of hydrogen-bond acceptors (Lipinski definition) is 6. The number of benzene rings is 1. The molecule has 1 N–H and O–H groups in total. The van der Waals surface area contributed by atoms with E-state index in [0.717, 1.165) is 0 Å². The van der Waals surface area contributed by atoms with Gasteiger partial charge in [-0.25, -0.2) is 0 Å². The molecule has 152 valence electrons. The second-order valence-electron chi connectivity index (χ2n) is 6.73. The van der Waals surface area contributed by atoms with Crippen LogP contribution in [0.15, 0.2) is 47.7 Å². The Kier molecular flexibility index (Phi) is 6.24. The van der Waals surface area contributed by atoms with Crippen LogP contribution in [0.1, 0.15) is 12.5 Å². The lowest BCUT2D eigenvalue weighted by Crippen LogP contribution is -2.65. The van der Waals surface area contributed by atoms with Crippen LogP contribution < -0.4 is 10.1 Å². The molecule has 0 aliphatic carbocycles. The van der Waals surface area contributed by atoms with Crippen LogP contribution in [0.2, 0.25) is 0 Å². The Labute approximate surface area is 167 Å². The number of piperazine rings is 1. The van der Waals surface area contributed by atoms with E-state index < -0.39 is 12.3 Å². The van der Waals surface area contributed by atoms with Crippen LogP contribution in [0.3, 0.4) is 0 Å². The molecular formula is C20H21F2N5O2. The number of amides is 1. The molecule has 1 fully saturated rings. The monoisotopic (exact) mass is 401 g/mol. The first-order valence-electron chi connectivity index (χ1n) is 9.10. The molecule has 1 saturated heterocycles. The minimum atomic E-state index is -2.90. The number of nitrogens with one attached hydrogen (secondary N) is 1. The minimum absolute atomic E-state index is 0.0362. The third kappa shape index (κ3) is 4.78. The van der Waals surface area contributed by atoms with Crippen molar-refractivity contribution in [1.82, 2.24) is 15.1 Å². The fourth-order valence-electron chi connectivity index (χ4n) is 3.36. The van der Waals surface area contributed by atoms with Crippen LogP contribution in [0.4, 0.5) is 8.78 Å². The second kappa shape index (κ2) is 8.84. The molecule has 0 bridgehead atoms. The number of alkyl halides is 2. The summed E-state index contributed by atoms with van der Waals surface area (Å²) in [6.07, 6.45) is 7.74. The number of carbonyl (C=O) groups excluding carboxylic acids is 1. The van der Waals surface area contributed by atoms with Gasteiger partial charge in [-0.05, 0) is 30.7 Å². The maximum absolute atomic E-state index is 12.6. The Balaban J connectivity index is 1.63. The summed E-state index contributed by atoms with van der Waals surface area (Å²) < 4.78 is 29.0. The lowest BCUT2D eigenvalue weighted by atomic mass is 10.1. The first-order chi connectivity index (χ1) is 13.9. The van der Waals surface area contributed by atoms with E-state index in [-0.39, 0.29) is 17.7 Å². The van der Waals surface area contributed by atoms with E-state index in [1.165, 1.54) is 18.2 Å². The third-order valence-electron chi connectivity index (χ3n) is 4.81. The normalized spacial score (nSPS) is 24.5. The topological polar surface area (TPSA) is 81.0 Å². The fourth-order valence-corrected chi connectivity index (χ4v) is 3.36. The quantitative estimate of drug-likeness (QED) is 0.765. The van der Waals surface area contributed by atoms with Gasteiger partial charge in [0.05, 0.1) is 6.21 Å². The van der Waals surface area contributed by atoms with E-state index in [4.69, 9.17) is 0 Å². The summed E-state index contributed by atoms with van der Waals surface area (Å²) in [5, 5.41) is 12.6. The van der Waals surface area contributed by atoms with Crippen LogP contribution in [-0.4, -0.2) is 59.9 Å². The zero-order valence-corrected chi connectivity index (χ0v) is 15.8. The molecule has 1 aromatic carbocycles. The Hall–Kier alpha value is -3.25. The Morgan fingerprint density at radius 2 is 2.31 bits per heavy atom. The van der Waals surface area contributed by atoms with Gasteiger partial charge >= 0.3 is 6.61 Å². The lowest BCUT2D eigenvalue weighted by molar-refractivity contribution is -0.130. The summed E-state index contributed by atoms with van der Waals surface area (Å²) in [4.78, 5) is 20.4. The summed E-state index contributed by atoms with van der Waals surface area (Å²) in [6.45, 7) is 0.459. The minimum Gasteiger partial charge on any atom is -0.435 e. The van der Waals surface area contributed by atoms with Crippen molar-refractivity contribution in [2.24, 2.45) is 4.99 Å². The molecule has 9 heteroatoms. The highest BCUT2D eigenvalue weighted by molar-refractivity contribution is 5.92. The van der Waals surface area contributed by atoms with E-state index in [0.29, 0.717) is 25.2 Å². The van der Waals surface area contributed by atoms with Gasteiger partial charge < -0.3 is 15.0 Å². The van der Waals surface area contributed by atoms with Crippen molar-refractivity contribution >= 4 is 18.2 Å². The maximum Gasteiger partial charge on any atom is 0.387 e. The lowest BCUT2D eigenvalue weighted by Gasteiger charge is -2.45. The fraction of sp³-hybridized carbons (Fsp3) is 0.350. The highest BCUT2D eigenvalue weighted by Crippen LogP contribution is 2.20. The van der Waals surface area contributed by atoms with Gasteiger partial charge in [0.1, 0.15) is 11.8 Å². The first-order valence-corrected chi connectivity index (χ1v) is 9.10. The number of nitrogens with zero attached hydrogens (tertiary/aromatic N) is 4. The molecule has 1 aromatic rings. The zero-order chi connectivity index (χ0) is 20.9. The molecule has 2 atom stereocenters. The van der Waals surface area contributed by atoms with Crippen molar-refractivity contribution in [2.45, 2.75) is 25.2 Å². The number of aliphatic imine (C=N–C) groups is 1. The van der Waals surface area contributed by atoms with Crippen LogP contribution in [-0.2, 0) is 4.79 Å². The van der Waals surface area contributed by atoms with Gasteiger partial charge in [-0.3, -0.25) is 14.7 Å². The molecule has 2 heterocycles. The Morgan fingerprint density at radius 1 is 1.48 bits per heavy atom. The molecule has 0 spiro atoms. The summed E-state index contributed by atoms with van der Waals surface area (Å²) in [5.41, 5.74) is -0.431. The second-order valence-corrected chi connectivity index (χ2v) is 6.73. The molecule has 0 saturated carbocycles. The molecule has 2 aliphatic rings. The summed E-state index contributed by atoms with van der Waals surface area (Å²) in [7, 11) is 0. The van der Waals surface area contributed by atoms with Crippen LogP contribution in [0, 0.1) is 11.3 Å². The summed E-state index contributed by atoms with van der Waals surface area (Å²) in [5.74, 6) is -0.150. The average Bonchev–Trinajstić information content (AvgIpc) is 2.72. The third-order valence-corrected chi connectivity index (χ3v) is 4.81. The van der Waals surface area contributed by atoms with Crippen molar-refractivity contribution in [2.75, 3.05) is 19.6 Å². The average molecular weight is 401 g/mol. The predicted octanol–water partition coefficient (Wildman–Crippen LogP) is 2.20. The number of carbonyl (C=O) groups is 1. The predicted molar refractivity (Wildman–Crippen MR) is 104 cm³/mol. The number of rotatable bonds is 5. The standard InChI is InChI=1S/C20H21F2N5O2/c1-15-12-26(20(13-23)14-24-7-8-25-20)9-10-27(15)18(28)6-5-16-3-2-4-17(11-16)29-19(21)22/h2-8,11,14-15,19,25H,9-10,12H2,1H3/t15-,20?/m1/s1. The maximum atomic E-state index is 12.6. The van der Waals surface area contributed by atoms with Crippen molar-refractivity contribution in [3.05, 3.63) is 48.3 Å². The highest BCUT2D eigenvalue weighted by Gasteiger charge is 2.40. The number of hydrogen-bond donors (Lipinski definition) is 1. The van der Waals surface area contributed by atoms with Crippen LogP contribution in [0.25, 0.3) is 6.08 Å². The van der Waals surface area contributed by atoms with E-state index >= 15 is 0 Å². The first kappa shape index (κ1) is 20.5. The zero-order valence-electron chi connectivity index (χ0n) is 15.8. The smallest absolute Gasteiger partial charge is 0.387 e. The summed E-state index contributed by atoms with van der Waals surface area (Å²) in [6, 6.07) is 8.27. The molecule has 1 amide bonds. The molecule has 1 unspecified atom stereocenters. The highest BCUT2D eigenvalue weighted by atomic mass is 19.3. The molecule has 0 radical (unpaired) electrons. The van der Waals surface area contributed by atoms with Crippen molar-refractivity contribution in [3.63, 3.8) is 0 Å². The molecule has 3 rings (SSSR count). The van der Waals surface area contributed by atoms with Crippen molar-refractivity contribution in [3.8, 4) is 11.8 Å². The van der Waals surface area contributed by atoms with E-state index in [1.54, 1.807) is 41.7 Å². The van der Waals surface area contributed by atoms with Gasteiger partial charge in [-0.2, -0.15) is 14.0 Å². The van der Waals surface area contributed by atoms with Gasteiger partial charge in [0.2, 0.25) is 11.6 Å². The van der Waals surface area contributed by atoms with Crippen molar-refractivity contribution < 1.29 is 18.3 Å². The SMILES string of the molecule is C[C@@H]1CN(C2(C#N)C=NC=CN2)CCN1C(=O)C=Cc1cccc(OC(F)F)c1. The van der Waals surface area contributed by atoms with E-state index in [2.05, 4.69) is 21.1 Å². The molecule has 0 aromatic heterocycles. The number of nitriles is 1. The van der Waals surface area contributed by atoms with Gasteiger partial charge in [0.15, 0.2) is 0 Å². The molecule has 29 heavy (non-hydrogen) atoms. The van der Waals surface area contributed by atoms with E-state index in [9.17, 15) is 18.8 Å². The van der Waals surface area contributed by atoms with Gasteiger partial charge in [-0.1, -0.05) is 12.1 Å². The number of ether oxygens (including phenoxy) is 1. The molecule has 2 aliphatic heterocycles. The van der Waals surface area contributed by atoms with Crippen molar-refractivity contribution in [1.29, 1.82) is 5.26 Å². The molecule has 7 nitrogen and oxygen atoms in total. The van der Waals surface area contributed by atoms with Gasteiger partial charge in [0.25, 0.3) is 0 Å². The summed E-state index contributed by atoms with van der Waals surface area (Å²) >= 11 is 0. The largest absolute Gasteiger partial charge is 0.435 e. The van der Waals surface area contributed by atoms with Gasteiger partial charge in [0, 0.05) is 44.2 Å². The van der Waals surface area contributed by atoms with E-state index in [1.807, 2.05) is 11.8 Å². The van der Waals surface area contributed by atoms with Crippen LogP contribution in [0.5, 0.6) is 5.75 Å². The Bertz CT molecular complexity index is 880. The Morgan fingerprint density at radius 3 is 2.97 bits per heavy atom. The molecular weight excluding hydrogens is 380 g/mol. The number of halogens is 2. The van der Waals surface area contributed by atoms with Gasteiger partial charge in [-0.15, -0.1) is 0 Å².